The predicted octanol–water partition coefficient (Wildman–Crippen LogP) is 5.03. The lowest BCUT2D eigenvalue weighted by Gasteiger charge is -2.38. The van der Waals surface area contributed by atoms with E-state index in [0.717, 1.165) is 36.1 Å². The molecular formula is C34H39NO6Si. The molecular weight excluding hydrogens is 546 g/mol. The molecule has 0 aliphatic carbocycles. The second-order valence-electron chi connectivity index (χ2n) is 10.9. The molecule has 3 aromatic carbocycles. The molecule has 0 saturated heterocycles. The summed E-state index contributed by atoms with van der Waals surface area (Å²) in [5, 5.41) is 1.91. The minimum absolute atomic E-state index is 0.0659. The smallest absolute Gasteiger partial charge is 0.407 e. The zero-order valence-electron chi connectivity index (χ0n) is 24.4. The number of rotatable bonds is 16. The maximum atomic E-state index is 12.6. The van der Waals surface area contributed by atoms with Gasteiger partial charge in [-0.2, -0.15) is 0 Å². The van der Waals surface area contributed by atoms with E-state index in [1.807, 2.05) is 74.5 Å². The molecule has 0 N–H and O–H groups in total. The van der Waals surface area contributed by atoms with Crippen molar-refractivity contribution in [1.82, 2.24) is 4.90 Å². The van der Waals surface area contributed by atoms with E-state index < -0.39 is 14.2 Å². The minimum Gasteiger partial charge on any atom is -0.461 e. The molecule has 0 fully saturated rings. The first-order valence-corrected chi connectivity index (χ1v) is 16.3. The maximum absolute atomic E-state index is 12.6. The quantitative estimate of drug-likeness (QED) is 0.0771. The Labute approximate surface area is 249 Å². The number of fused-ring (bicyclic) bond motifs is 1. The van der Waals surface area contributed by atoms with Gasteiger partial charge in [0, 0.05) is 13.2 Å². The number of imide groups is 1. The van der Waals surface area contributed by atoms with Crippen LogP contribution in [0.2, 0.25) is 0 Å². The molecule has 42 heavy (non-hydrogen) atoms. The number of carbonyl (C=O) groups is 3. The predicted molar refractivity (Wildman–Crippen MR) is 165 cm³/mol. The third-order valence-electron chi connectivity index (χ3n) is 7.12. The van der Waals surface area contributed by atoms with Gasteiger partial charge in [-0.05, 0) is 49.2 Å². The molecule has 0 aromatic heterocycles. The molecule has 8 heteroatoms. The van der Waals surface area contributed by atoms with Crippen LogP contribution >= 0.6 is 0 Å². The number of hydrogen-bond acceptors (Lipinski definition) is 6. The highest BCUT2D eigenvalue weighted by Crippen LogP contribution is 2.25. The lowest BCUT2D eigenvalue weighted by atomic mass is 10.1. The summed E-state index contributed by atoms with van der Waals surface area (Å²) < 4.78 is 18.9. The molecule has 0 bridgehead atoms. The number of nitrogens with zero attached hydrogens (tertiary/aromatic N) is 1. The number of hydrogen-bond donors (Lipinski definition) is 0. The van der Waals surface area contributed by atoms with Crippen molar-refractivity contribution in [3.05, 3.63) is 109 Å². The molecule has 0 atom stereocenters. The Hall–Kier alpha value is -3.85. The average Bonchev–Trinajstić information content (AvgIpc) is 3.24. The van der Waals surface area contributed by atoms with Crippen LogP contribution in [-0.4, -0.2) is 56.6 Å². The molecule has 3 aromatic rings. The molecule has 4 rings (SSSR count). The third-order valence-corrected chi connectivity index (χ3v) is 10.8. The average molecular weight is 586 g/mol. The molecule has 1 aliphatic heterocycles. The van der Waals surface area contributed by atoms with Crippen molar-refractivity contribution < 1.29 is 28.0 Å². The third kappa shape index (κ3) is 7.50. The van der Waals surface area contributed by atoms with Crippen LogP contribution in [0.5, 0.6) is 0 Å². The summed E-state index contributed by atoms with van der Waals surface area (Å²) in [5.41, 5.74) is 0.106. The summed E-state index contributed by atoms with van der Waals surface area (Å²) in [6, 6.07) is 26.8. The number of unbranched alkanes of at least 4 members (excludes halogenated alkanes) is 3. The van der Waals surface area contributed by atoms with Gasteiger partial charge in [0.25, 0.3) is 11.8 Å². The Morgan fingerprint density at radius 2 is 1.33 bits per heavy atom. The van der Waals surface area contributed by atoms with Crippen molar-refractivity contribution in [3.63, 3.8) is 0 Å². The fraction of sp³-hybridized carbons (Fsp3) is 0.324. The molecule has 1 heterocycles. The van der Waals surface area contributed by atoms with E-state index in [9.17, 15) is 14.4 Å². The molecule has 2 amide bonds. The Morgan fingerprint density at radius 1 is 0.810 bits per heavy atom. The number of ether oxygens (including phenoxy) is 1. The molecule has 220 valence electrons. The number of carbonyl (C=O) groups excluding carboxylic acids is 3. The second-order valence-corrected chi connectivity index (χ2v) is 13.8. The Morgan fingerprint density at radius 3 is 1.88 bits per heavy atom. The van der Waals surface area contributed by atoms with Crippen LogP contribution in [0.3, 0.4) is 0 Å². The van der Waals surface area contributed by atoms with Crippen LogP contribution in [0, 0.1) is 0 Å². The highest BCUT2D eigenvalue weighted by molar-refractivity contribution is 6.92. The standard InChI is InChI=1S/C34H39NO6Si/c1-4-24-39-31(36)26-34(2,3)41-42(27-17-9-7-10-18-27,28-19-11-8-12-20-28)40-25-16-6-5-15-23-35-32(37)29-21-13-14-22-30(29)33(35)38/h4,7-14,17-22H,1,5-6,15-16,23-26H2,2-3H3. The van der Waals surface area contributed by atoms with E-state index in [-0.39, 0.29) is 30.8 Å². The lowest BCUT2D eigenvalue weighted by Crippen LogP contribution is -2.66. The van der Waals surface area contributed by atoms with E-state index in [4.69, 9.17) is 13.6 Å². The van der Waals surface area contributed by atoms with Crippen LogP contribution in [0.25, 0.3) is 0 Å². The highest BCUT2D eigenvalue weighted by atomic mass is 28.4. The van der Waals surface area contributed by atoms with Gasteiger partial charge >= 0.3 is 14.5 Å². The first-order chi connectivity index (χ1) is 20.3. The lowest BCUT2D eigenvalue weighted by molar-refractivity contribution is -0.146. The molecule has 7 nitrogen and oxygen atoms in total. The van der Waals surface area contributed by atoms with Crippen molar-refractivity contribution in [3.8, 4) is 0 Å². The van der Waals surface area contributed by atoms with Crippen LogP contribution in [0.1, 0.15) is 66.7 Å². The van der Waals surface area contributed by atoms with Gasteiger partial charge in [-0.15, -0.1) is 0 Å². The van der Waals surface area contributed by atoms with Gasteiger partial charge in [0.15, 0.2) is 0 Å². The van der Waals surface area contributed by atoms with Crippen molar-refractivity contribution in [1.29, 1.82) is 0 Å². The fourth-order valence-electron chi connectivity index (χ4n) is 5.16. The van der Waals surface area contributed by atoms with Gasteiger partial charge in [-0.3, -0.25) is 19.3 Å². The van der Waals surface area contributed by atoms with E-state index in [0.29, 0.717) is 24.3 Å². The van der Waals surface area contributed by atoms with Crippen molar-refractivity contribution in [2.24, 2.45) is 0 Å². The molecule has 0 unspecified atom stereocenters. The molecule has 1 aliphatic rings. The van der Waals surface area contributed by atoms with E-state index in [1.165, 1.54) is 4.90 Å². The topological polar surface area (TPSA) is 82.1 Å². The van der Waals surface area contributed by atoms with Crippen molar-refractivity contribution >= 4 is 36.7 Å². The summed E-state index contributed by atoms with van der Waals surface area (Å²) in [7, 11) is -3.25. The van der Waals surface area contributed by atoms with Gasteiger partial charge in [0.2, 0.25) is 0 Å². The number of benzene rings is 3. The molecule has 0 radical (unpaired) electrons. The first-order valence-electron chi connectivity index (χ1n) is 14.4. The summed E-state index contributed by atoms with van der Waals surface area (Å²) in [6.07, 6.45) is 4.83. The fourth-order valence-corrected chi connectivity index (χ4v) is 8.66. The van der Waals surface area contributed by atoms with Crippen LogP contribution in [0.4, 0.5) is 0 Å². The molecule has 0 saturated carbocycles. The maximum Gasteiger partial charge on any atom is 0.407 e. The zero-order chi connectivity index (χ0) is 30.0. The first kappa shape index (κ1) is 31.1. The van der Waals surface area contributed by atoms with Gasteiger partial charge in [0.05, 0.1) is 23.1 Å². The summed E-state index contributed by atoms with van der Waals surface area (Å²) in [6.45, 7) is 8.40. The van der Waals surface area contributed by atoms with Gasteiger partial charge < -0.3 is 13.6 Å². The van der Waals surface area contributed by atoms with E-state index >= 15 is 0 Å². The summed E-state index contributed by atoms with van der Waals surface area (Å²) in [4.78, 5) is 39.1. The van der Waals surface area contributed by atoms with E-state index in [1.54, 1.807) is 30.3 Å². The number of esters is 1. The summed E-state index contributed by atoms with van der Waals surface area (Å²) >= 11 is 0. The van der Waals surface area contributed by atoms with Gasteiger partial charge in [0.1, 0.15) is 6.61 Å². The SMILES string of the molecule is C=CCOC(=O)CC(C)(C)O[Si](OCCCCCCN1C(=O)c2ccccc2C1=O)(c1ccccc1)c1ccccc1. The highest BCUT2D eigenvalue weighted by Gasteiger charge is 2.47. The minimum atomic E-state index is -3.25. The number of amides is 2. The van der Waals surface area contributed by atoms with Gasteiger partial charge in [-0.25, -0.2) is 0 Å². The van der Waals surface area contributed by atoms with Crippen LogP contribution < -0.4 is 10.4 Å². The summed E-state index contributed by atoms with van der Waals surface area (Å²) in [5.74, 6) is -0.788. The molecule has 0 spiro atoms. The van der Waals surface area contributed by atoms with Crippen LogP contribution in [0.15, 0.2) is 97.6 Å². The normalized spacial score (nSPS) is 13.2. The van der Waals surface area contributed by atoms with Crippen molar-refractivity contribution in [2.75, 3.05) is 19.8 Å². The largest absolute Gasteiger partial charge is 0.461 e. The second kappa shape index (κ2) is 14.4. The van der Waals surface area contributed by atoms with Crippen molar-refractivity contribution in [2.45, 2.75) is 51.6 Å². The Balaban J connectivity index is 1.41. The Kier molecular flexibility index (Phi) is 10.6. The Bertz CT molecular complexity index is 1300. The van der Waals surface area contributed by atoms with E-state index in [2.05, 4.69) is 6.58 Å². The van der Waals surface area contributed by atoms with Crippen LogP contribution in [-0.2, 0) is 18.4 Å². The van der Waals surface area contributed by atoms with Gasteiger partial charge in [-0.1, -0.05) is 98.3 Å². The zero-order valence-corrected chi connectivity index (χ0v) is 25.4. The monoisotopic (exact) mass is 585 g/mol.